The fourth-order valence-corrected chi connectivity index (χ4v) is 1.43. The summed E-state index contributed by atoms with van der Waals surface area (Å²) in [5.74, 6) is -0.981. The molecule has 1 aromatic carbocycles. The van der Waals surface area contributed by atoms with Gasteiger partial charge in [-0.25, -0.2) is 4.79 Å². The van der Waals surface area contributed by atoms with Gasteiger partial charge < -0.3 is 14.9 Å². The van der Waals surface area contributed by atoms with Gasteiger partial charge in [0.25, 0.3) is 5.69 Å². The van der Waals surface area contributed by atoms with Crippen molar-refractivity contribution in [3.05, 3.63) is 46.1 Å². The molecule has 2 aromatic rings. The van der Waals surface area contributed by atoms with Crippen molar-refractivity contribution < 1.29 is 19.3 Å². The standard InChI is InChI=1S/C10H8N4O5/c15-10(16)7-3-6(1-2-8(7)14(17)18)11-4-9-12-5-19-13-9/h1-3,5,11H,4H2,(H,15,16). The van der Waals surface area contributed by atoms with E-state index in [1.54, 1.807) is 0 Å². The number of nitrogens with zero attached hydrogens (tertiary/aromatic N) is 3. The van der Waals surface area contributed by atoms with Crippen LogP contribution in [0.5, 0.6) is 0 Å². The summed E-state index contributed by atoms with van der Waals surface area (Å²) in [6.07, 6.45) is 1.16. The molecule has 0 amide bonds. The van der Waals surface area contributed by atoms with Gasteiger partial charge in [0.1, 0.15) is 5.56 Å². The Morgan fingerprint density at radius 3 is 2.89 bits per heavy atom. The summed E-state index contributed by atoms with van der Waals surface area (Å²) in [6, 6.07) is 3.72. The third kappa shape index (κ3) is 2.83. The van der Waals surface area contributed by atoms with E-state index in [2.05, 4.69) is 20.0 Å². The minimum Gasteiger partial charge on any atom is -0.477 e. The average molecular weight is 264 g/mol. The first kappa shape index (κ1) is 12.5. The molecule has 0 bridgehead atoms. The molecule has 0 radical (unpaired) electrons. The number of hydrogen-bond donors (Lipinski definition) is 2. The summed E-state index contributed by atoms with van der Waals surface area (Å²) in [4.78, 5) is 24.6. The van der Waals surface area contributed by atoms with Crippen molar-refractivity contribution in [2.24, 2.45) is 0 Å². The number of benzene rings is 1. The molecule has 2 N–H and O–H groups in total. The smallest absolute Gasteiger partial charge is 0.342 e. The lowest BCUT2D eigenvalue weighted by molar-refractivity contribution is -0.385. The number of aromatic carboxylic acids is 1. The van der Waals surface area contributed by atoms with Crippen molar-refractivity contribution in [3.63, 3.8) is 0 Å². The van der Waals surface area contributed by atoms with Crippen LogP contribution in [-0.4, -0.2) is 26.1 Å². The van der Waals surface area contributed by atoms with Crippen LogP contribution in [-0.2, 0) is 6.54 Å². The second-order valence-electron chi connectivity index (χ2n) is 3.50. The van der Waals surface area contributed by atoms with E-state index < -0.39 is 16.6 Å². The highest BCUT2D eigenvalue weighted by Crippen LogP contribution is 2.22. The molecule has 0 unspecified atom stereocenters. The number of nitrogens with one attached hydrogen (secondary N) is 1. The number of anilines is 1. The van der Waals surface area contributed by atoms with Gasteiger partial charge in [-0.2, -0.15) is 4.98 Å². The fourth-order valence-electron chi connectivity index (χ4n) is 1.43. The maximum Gasteiger partial charge on any atom is 0.342 e. The highest BCUT2D eigenvalue weighted by Gasteiger charge is 2.19. The molecule has 2 rings (SSSR count). The van der Waals surface area contributed by atoms with Gasteiger partial charge in [0, 0.05) is 11.8 Å². The van der Waals surface area contributed by atoms with Gasteiger partial charge in [0.15, 0.2) is 5.82 Å². The molecule has 0 fully saturated rings. The summed E-state index contributed by atoms with van der Waals surface area (Å²) in [5.41, 5.74) is -0.437. The van der Waals surface area contributed by atoms with Crippen molar-refractivity contribution in [2.75, 3.05) is 5.32 Å². The van der Waals surface area contributed by atoms with Crippen LogP contribution < -0.4 is 5.32 Å². The van der Waals surface area contributed by atoms with Crippen LogP contribution in [0, 0.1) is 10.1 Å². The third-order valence-electron chi connectivity index (χ3n) is 2.28. The number of carboxylic acids is 1. The molecule has 1 heterocycles. The van der Waals surface area contributed by atoms with Crippen LogP contribution in [0.1, 0.15) is 16.2 Å². The van der Waals surface area contributed by atoms with Crippen molar-refractivity contribution in [1.29, 1.82) is 0 Å². The quantitative estimate of drug-likeness (QED) is 0.609. The van der Waals surface area contributed by atoms with Crippen LogP contribution in [0.25, 0.3) is 0 Å². The normalized spacial score (nSPS) is 10.1. The van der Waals surface area contributed by atoms with Crippen molar-refractivity contribution in [3.8, 4) is 0 Å². The zero-order chi connectivity index (χ0) is 13.8. The summed E-state index contributed by atoms with van der Waals surface area (Å²) >= 11 is 0. The van der Waals surface area contributed by atoms with E-state index in [-0.39, 0.29) is 12.1 Å². The Hall–Kier alpha value is -2.97. The number of carbonyl (C=O) groups is 1. The zero-order valence-electron chi connectivity index (χ0n) is 9.44. The van der Waals surface area contributed by atoms with Crippen LogP contribution in [0.3, 0.4) is 0 Å². The molecule has 98 valence electrons. The summed E-state index contributed by atoms with van der Waals surface area (Å²) in [5, 5.41) is 26.0. The fraction of sp³-hybridized carbons (Fsp3) is 0.100. The summed E-state index contributed by atoms with van der Waals surface area (Å²) < 4.78 is 4.53. The van der Waals surface area contributed by atoms with Gasteiger partial charge >= 0.3 is 5.97 Å². The van der Waals surface area contributed by atoms with E-state index in [1.165, 1.54) is 12.1 Å². The Morgan fingerprint density at radius 2 is 2.32 bits per heavy atom. The number of nitro groups is 1. The Morgan fingerprint density at radius 1 is 1.53 bits per heavy atom. The van der Waals surface area contributed by atoms with Gasteiger partial charge in [-0.3, -0.25) is 10.1 Å². The van der Waals surface area contributed by atoms with Gasteiger partial charge in [-0.1, -0.05) is 5.16 Å². The zero-order valence-corrected chi connectivity index (χ0v) is 9.44. The van der Waals surface area contributed by atoms with Gasteiger partial charge in [0.05, 0.1) is 11.5 Å². The summed E-state index contributed by atoms with van der Waals surface area (Å²) in [7, 11) is 0. The molecule has 0 aliphatic heterocycles. The van der Waals surface area contributed by atoms with Gasteiger partial charge in [0.2, 0.25) is 6.39 Å². The van der Waals surface area contributed by atoms with Gasteiger partial charge in [-0.15, -0.1) is 0 Å². The molecule has 0 atom stereocenters. The van der Waals surface area contributed by atoms with Crippen LogP contribution in [0.4, 0.5) is 11.4 Å². The van der Waals surface area contributed by atoms with Crippen LogP contribution in [0.2, 0.25) is 0 Å². The molecule has 1 aromatic heterocycles. The van der Waals surface area contributed by atoms with Crippen molar-refractivity contribution in [2.45, 2.75) is 6.54 Å². The Bertz CT molecular complexity index is 610. The number of rotatable bonds is 5. The highest BCUT2D eigenvalue weighted by molar-refractivity contribution is 5.93. The maximum atomic E-state index is 10.9. The minimum absolute atomic E-state index is 0.216. The number of nitro benzene ring substituents is 1. The van der Waals surface area contributed by atoms with Crippen molar-refractivity contribution in [1.82, 2.24) is 10.1 Å². The molecule has 0 saturated carbocycles. The van der Waals surface area contributed by atoms with E-state index in [0.717, 1.165) is 12.5 Å². The molecule has 19 heavy (non-hydrogen) atoms. The predicted molar refractivity (Wildman–Crippen MR) is 61.7 cm³/mol. The minimum atomic E-state index is -1.37. The second-order valence-corrected chi connectivity index (χ2v) is 3.50. The number of carboxylic acid groups (broad SMARTS) is 1. The first-order chi connectivity index (χ1) is 9.08. The first-order valence-electron chi connectivity index (χ1n) is 5.09. The maximum absolute atomic E-state index is 10.9. The molecule has 0 aliphatic rings. The second kappa shape index (κ2) is 5.12. The van der Waals surface area contributed by atoms with E-state index >= 15 is 0 Å². The lowest BCUT2D eigenvalue weighted by Crippen LogP contribution is -2.06. The molecule has 0 spiro atoms. The molecular formula is C10H8N4O5. The number of hydrogen-bond acceptors (Lipinski definition) is 7. The lowest BCUT2D eigenvalue weighted by atomic mass is 10.1. The Labute approximate surface area is 106 Å². The predicted octanol–water partition coefficient (Wildman–Crippen LogP) is 1.29. The molecule has 9 nitrogen and oxygen atoms in total. The Kier molecular flexibility index (Phi) is 3.37. The number of aromatic nitrogens is 2. The van der Waals surface area contributed by atoms with Crippen LogP contribution in [0.15, 0.2) is 29.1 Å². The average Bonchev–Trinajstić information content (AvgIpc) is 2.88. The molecular weight excluding hydrogens is 256 g/mol. The first-order valence-corrected chi connectivity index (χ1v) is 5.09. The van der Waals surface area contributed by atoms with E-state index in [9.17, 15) is 14.9 Å². The Balaban J connectivity index is 2.20. The molecule has 0 aliphatic carbocycles. The van der Waals surface area contributed by atoms with E-state index in [0.29, 0.717) is 11.5 Å². The SMILES string of the molecule is O=C(O)c1cc(NCc2ncon2)ccc1[N+](=O)[O-]. The lowest BCUT2D eigenvalue weighted by Gasteiger charge is -2.05. The molecule has 0 saturated heterocycles. The van der Waals surface area contributed by atoms with E-state index in [4.69, 9.17) is 5.11 Å². The molecule has 9 heteroatoms. The monoisotopic (exact) mass is 264 g/mol. The topological polar surface area (TPSA) is 131 Å². The van der Waals surface area contributed by atoms with Gasteiger partial charge in [-0.05, 0) is 12.1 Å². The van der Waals surface area contributed by atoms with Crippen LogP contribution >= 0.6 is 0 Å². The van der Waals surface area contributed by atoms with Crippen molar-refractivity contribution >= 4 is 17.3 Å². The largest absolute Gasteiger partial charge is 0.477 e. The highest BCUT2D eigenvalue weighted by atomic mass is 16.6. The van der Waals surface area contributed by atoms with E-state index in [1.807, 2.05) is 0 Å². The third-order valence-corrected chi connectivity index (χ3v) is 2.28. The summed E-state index contributed by atoms with van der Waals surface area (Å²) in [6.45, 7) is 0.216.